The molecule has 0 saturated carbocycles. The van der Waals surface area contributed by atoms with E-state index in [2.05, 4.69) is 4.74 Å². The Kier molecular flexibility index (Phi) is 9.38. The van der Waals surface area contributed by atoms with Crippen molar-refractivity contribution in [3.63, 3.8) is 0 Å². The summed E-state index contributed by atoms with van der Waals surface area (Å²) in [4.78, 5) is 0. The number of fused-ring (bicyclic) bond motifs is 1. The van der Waals surface area contributed by atoms with E-state index in [4.69, 9.17) is 23.7 Å². The van der Waals surface area contributed by atoms with E-state index in [0.717, 1.165) is 6.07 Å². The van der Waals surface area contributed by atoms with Crippen LogP contribution in [0.2, 0.25) is 0 Å². The minimum atomic E-state index is -1.82. The molecule has 11 atom stereocenters. The summed E-state index contributed by atoms with van der Waals surface area (Å²) in [5.74, 6) is -0.446. The number of methoxy groups -OCH3 is 1. The van der Waals surface area contributed by atoms with Gasteiger partial charge in [-0.1, -0.05) is 0 Å². The number of aromatic hydroxyl groups is 4. The maximum atomic E-state index is 10.8. The molecule has 2 saturated heterocycles. The van der Waals surface area contributed by atoms with E-state index in [1.165, 1.54) is 37.5 Å². The fraction of sp³-hybridized carbons (Fsp3) is 0.500. The summed E-state index contributed by atoms with van der Waals surface area (Å²) < 4.78 is 32.3. The Labute approximate surface area is 249 Å². The molecule has 44 heavy (non-hydrogen) atoms. The van der Waals surface area contributed by atoms with Gasteiger partial charge in [-0.25, -0.2) is 0 Å². The van der Waals surface area contributed by atoms with Crippen molar-refractivity contribution < 1.29 is 79.5 Å². The van der Waals surface area contributed by atoms with Crippen LogP contribution < -0.4 is 4.74 Å². The molecule has 3 aliphatic heterocycles. The van der Waals surface area contributed by atoms with Crippen molar-refractivity contribution in [3.05, 3.63) is 47.2 Å². The van der Waals surface area contributed by atoms with E-state index >= 15 is 0 Å². The van der Waals surface area contributed by atoms with Crippen LogP contribution in [0, 0.1) is 0 Å². The Morgan fingerprint density at radius 1 is 0.773 bits per heavy atom. The quantitative estimate of drug-likeness (QED) is 0.139. The predicted octanol–water partition coefficient (Wildman–Crippen LogP) is -2.21. The molecule has 2 fully saturated rings. The third-order valence-electron chi connectivity index (χ3n) is 7.66. The van der Waals surface area contributed by atoms with Crippen LogP contribution in [-0.2, 0) is 18.9 Å². The Morgan fingerprint density at radius 2 is 1.43 bits per heavy atom. The van der Waals surface area contributed by atoms with Crippen molar-refractivity contribution in [3.8, 4) is 28.7 Å². The van der Waals surface area contributed by atoms with Gasteiger partial charge < -0.3 is 79.5 Å². The van der Waals surface area contributed by atoms with Gasteiger partial charge in [0.1, 0.15) is 65.9 Å². The van der Waals surface area contributed by atoms with Crippen molar-refractivity contribution in [2.24, 2.45) is 0 Å². The third-order valence-corrected chi connectivity index (χ3v) is 7.66. The molecular formula is C28H35O16+. The van der Waals surface area contributed by atoms with Crippen LogP contribution in [0.25, 0.3) is 6.08 Å². The number of phenols is 3. The lowest BCUT2D eigenvalue weighted by molar-refractivity contribution is -0.328. The highest BCUT2D eigenvalue weighted by Crippen LogP contribution is 2.46. The Bertz CT molecular complexity index is 1350. The van der Waals surface area contributed by atoms with E-state index in [-0.39, 0.29) is 40.1 Å². The third kappa shape index (κ3) is 6.09. The highest BCUT2D eigenvalue weighted by Gasteiger charge is 2.49. The monoisotopic (exact) mass is 627 g/mol. The molecule has 0 radical (unpaired) electrons. The van der Waals surface area contributed by atoms with Crippen LogP contribution in [0.15, 0.2) is 36.1 Å². The van der Waals surface area contributed by atoms with E-state index in [1.807, 2.05) is 0 Å². The molecule has 0 amide bonds. The van der Waals surface area contributed by atoms with Gasteiger partial charge in [-0.05, 0) is 18.2 Å². The molecule has 0 aliphatic carbocycles. The average molecular weight is 628 g/mol. The summed E-state index contributed by atoms with van der Waals surface area (Å²) in [6.07, 6.45) is -15.9. The van der Waals surface area contributed by atoms with Crippen LogP contribution >= 0.6 is 0 Å². The fourth-order valence-electron chi connectivity index (χ4n) is 5.17. The first kappa shape index (κ1) is 32.0. The second-order valence-corrected chi connectivity index (χ2v) is 10.6. The standard InChI is InChI=1S/C28H34O16/c1-39-16-4-10(2-3-13(16)31)26-17(7-12-14(32)5-11(30)6-15(12)41-26)42-28-25(38)23(36)21(34)19(44-28)9-40-27-24(37)22(35)20(33)18(8-29)43-27/h2-7,18-38H,8-9H2,1H3/p+1. The molecule has 2 aromatic carbocycles. The molecule has 0 spiro atoms. The number of hydrogen-bond donors (Lipinski definition) is 10. The lowest BCUT2D eigenvalue weighted by Gasteiger charge is -2.43. The van der Waals surface area contributed by atoms with Gasteiger partial charge in [-0.3, -0.25) is 0 Å². The molecule has 242 valence electrons. The van der Waals surface area contributed by atoms with Crippen molar-refractivity contribution in [1.29, 1.82) is 0 Å². The van der Waals surface area contributed by atoms with Crippen molar-refractivity contribution in [1.82, 2.24) is 0 Å². The molecule has 0 bridgehead atoms. The first-order valence-corrected chi connectivity index (χ1v) is 13.6. The largest absolute Gasteiger partial charge is 0.571 e. The summed E-state index contributed by atoms with van der Waals surface area (Å²) in [6.45, 7) is -1.26. The second kappa shape index (κ2) is 12.9. The average Bonchev–Trinajstić information content (AvgIpc) is 3.00. The SMILES string of the molecule is COc1cc(C2[OH+]c3cc(O)cc(O)c3C=C2OC2OC(COC3OC(CO)C(O)C(O)C3O)C(O)C(O)C2O)ccc1O. The van der Waals surface area contributed by atoms with E-state index in [9.17, 15) is 51.1 Å². The van der Waals surface area contributed by atoms with Gasteiger partial charge in [-0.15, -0.1) is 0 Å². The topological polar surface area (TPSA) is 261 Å². The number of benzene rings is 2. The van der Waals surface area contributed by atoms with Gasteiger partial charge in [0.05, 0.1) is 32.0 Å². The summed E-state index contributed by atoms with van der Waals surface area (Å²) in [7, 11) is 1.35. The highest BCUT2D eigenvalue weighted by molar-refractivity contribution is 5.69. The summed E-state index contributed by atoms with van der Waals surface area (Å²) in [5.41, 5.74) is 0.584. The van der Waals surface area contributed by atoms with Gasteiger partial charge in [-0.2, -0.15) is 0 Å². The van der Waals surface area contributed by atoms with Gasteiger partial charge in [0, 0.05) is 12.1 Å². The van der Waals surface area contributed by atoms with Crippen molar-refractivity contribution >= 4 is 6.08 Å². The number of aliphatic hydroxyl groups excluding tert-OH is 7. The van der Waals surface area contributed by atoms with Crippen molar-refractivity contribution in [2.45, 2.75) is 67.5 Å². The number of phenolic OH excluding ortho intramolecular Hbond substituents is 3. The van der Waals surface area contributed by atoms with Gasteiger partial charge in [0.2, 0.25) is 6.29 Å². The molecule has 0 aromatic heterocycles. The molecule has 11 unspecified atom stereocenters. The van der Waals surface area contributed by atoms with Crippen LogP contribution in [0.3, 0.4) is 0 Å². The smallest absolute Gasteiger partial charge is 0.270 e. The molecular weight excluding hydrogens is 592 g/mol. The molecule has 16 nitrogen and oxygen atoms in total. The first-order chi connectivity index (χ1) is 20.9. The minimum absolute atomic E-state index is 0.00697. The molecule has 3 heterocycles. The van der Waals surface area contributed by atoms with Gasteiger partial charge in [0.15, 0.2) is 23.5 Å². The number of ether oxygens (including phenoxy) is 6. The maximum absolute atomic E-state index is 10.8. The molecule has 5 rings (SSSR count). The highest BCUT2D eigenvalue weighted by atomic mass is 16.7. The summed E-state index contributed by atoms with van der Waals surface area (Å²) in [5, 5.41) is 102. The zero-order valence-corrected chi connectivity index (χ0v) is 23.2. The summed E-state index contributed by atoms with van der Waals surface area (Å²) in [6, 6.07) is 6.75. The van der Waals surface area contributed by atoms with E-state index in [1.54, 1.807) is 0 Å². The zero-order valence-electron chi connectivity index (χ0n) is 23.2. The fourth-order valence-corrected chi connectivity index (χ4v) is 5.17. The Hall–Kier alpha value is -3.42. The minimum Gasteiger partial charge on any atom is -0.571 e. The van der Waals surface area contributed by atoms with E-state index in [0.29, 0.717) is 5.56 Å². The van der Waals surface area contributed by atoms with E-state index < -0.39 is 80.7 Å². The molecule has 16 heteroatoms. The van der Waals surface area contributed by atoms with Gasteiger partial charge in [0.25, 0.3) is 11.9 Å². The van der Waals surface area contributed by atoms with Crippen molar-refractivity contribution in [2.75, 3.05) is 20.3 Å². The van der Waals surface area contributed by atoms with Crippen LogP contribution in [-0.4, -0.2) is 138 Å². The van der Waals surface area contributed by atoms with Gasteiger partial charge >= 0.3 is 0 Å². The maximum Gasteiger partial charge on any atom is 0.270 e. The Balaban J connectivity index is 1.40. The van der Waals surface area contributed by atoms with Crippen LogP contribution in [0.4, 0.5) is 0 Å². The number of hydrogen-bond acceptors (Lipinski definition) is 15. The normalized spacial score (nSPS) is 35.3. The molecule has 2 aromatic rings. The lowest BCUT2D eigenvalue weighted by Crippen LogP contribution is -2.61. The Morgan fingerprint density at radius 3 is 2.11 bits per heavy atom. The second-order valence-electron chi connectivity index (χ2n) is 10.6. The summed E-state index contributed by atoms with van der Waals surface area (Å²) >= 11 is 0. The number of rotatable bonds is 8. The van der Waals surface area contributed by atoms with Crippen LogP contribution in [0.1, 0.15) is 17.2 Å². The molecule has 3 aliphatic rings. The zero-order chi connectivity index (χ0) is 31.9. The first-order valence-electron chi connectivity index (χ1n) is 13.6. The number of aliphatic hydroxyl groups is 8. The predicted molar refractivity (Wildman–Crippen MR) is 144 cm³/mol. The van der Waals surface area contributed by atoms with Crippen LogP contribution in [0.5, 0.6) is 28.7 Å². The molecule has 11 N–H and O–H groups in total. The lowest BCUT2D eigenvalue weighted by atomic mass is 9.98.